The van der Waals surface area contributed by atoms with E-state index in [1.165, 1.54) is 0 Å². The highest BCUT2D eigenvalue weighted by Gasteiger charge is 2.24. The van der Waals surface area contributed by atoms with Gasteiger partial charge in [0.15, 0.2) is 0 Å². The summed E-state index contributed by atoms with van der Waals surface area (Å²) in [5.74, 6) is 1.54. The number of imidazole rings is 1. The summed E-state index contributed by atoms with van der Waals surface area (Å²) in [6.45, 7) is 8.81. The van der Waals surface area contributed by atoms with Crippen molar-refractivity contribution in [3.63, 3.8) is 0 Å². The first kappa shape index (κ1) is 22.5. The van der Waals surface area contributed by atoms with Gasteiger partial charge in [0.1, 0.15) is 12.5 Å². The third kappa shape index (κ3) is 6.14. The Morgan fingerprint density at radius 1 is 1.27 bits per heavy atom. The molecule has 1 aromatic carbocycles. The number of nitrogens with zero attached hydrogens (tertiary/aromatic N) is 2. The van der Waals surface area contributed by atoms with Gasteiger partial charge in [0.2, 0.25) is 0 Å². The molecule has 30 heavy (non-hydrogen) atoms. The molecule has 0 unspecified atom stereocenters. The lowest BCUT2D eigenvalue weighted by Gasteiger charge is -2.25. The minimum atomic E-state index is -0.557. The molecule has 0 aliphatic carbocycles. The molecule has 1 N–H and O–H groups in total. The number of hydrogen-bond donors (Lipinski definition) is 1. The van der Waals surface area contributed by atoms with Crippen LogP contribution in [0.1, 0.15) is 61.1 Å². The molecule has 1 fully saturated rings. The molecule has 2 heterocycles. The lowest BCUT2D eigenvalue weighted by molar-refractivity contribution is 0.0607. The topological polar surface area (TPSA) is 56.2 Å². The van der Waals surface area contributed by atoms with Crippen LogP contribution in [0.25, 0.3) is 0 Å². The van der Waals surface area contributed by atoms with Crippen LogP contribution in [0.3, 0.4) is 0 Å². The van der Waals surface area contributed by atoms with Crippen LogP contribution in [-0.4, -0.2) is 41.9 Å². The van der Waals surface area contributed by atoms with E-state index in [2.05, 4.69) is 36.9 Å². The molecule has 1 aromatic heterocycles. The standard InChI is InChI=1S/C24H34FN3O2/c1-24(2,3)23-27-21(17-28(23)16-19-9-13-30-14-10-19)8-7-18-5-4-6-20(15-18)22(29)26-12-11-25/h4-6,15,17,19H,7-14,16H2,1-3H3,(H,26,29). The first-order valence-corrected chi connectivity index (χ1v) is 10.9. The minimum Gasteiger partial charge on any atom is -0.381 e. The van der Waals surface area contributed by atoms with Crippen molar-refractivity contribution >= 4 is 5.91 Å². The van der Waals surface area contributed by atoms with E-state index < -0.39 is 6.67 Å². The Morgan fingerprint density at radius 3 is 2.73 bits per heavy atom. The summed E-state index contributed by atoms with van der Waals surface area (Å²) in [7, 11) is 0. The van der Waals surface area contributed by atoms with Gasteiger partial charge < -0.3 is 14.6 Å². The number of benzene rings is 1. The summed E-state index contributed by atoms with van der Waals surface area (Å²) in [6, 6.07) is 7.55. The Balaban J connectivity index is 1.68. The van der Waals surface area contributed by atoms with E-state index in [1.54, 1.807) is 6.07 Å². The van der Waals surface area contributed by atoms with Gasteiger partial charge in [-0.3, -0.25) is 4.79 Å². The van der Waals surface area contributed by atoms with Gasteiger partial charge in [0, 0.05) is 43.5 Å². The van der Waals surface area contributed by atoms with E-state index in [0.29, 0.717) is 11.5 Å². The van der Waals surface area contributed by atoms with Gasteiger partial charge in [-0.2, -0.15) is 0 Å². The Hall–Kier alpha value is -2.21. The van der Waals surface area contributed by atoms with Crippen LogP contribution < -0.4 is 5.32 Å². The van der Waals surface area contributed by atoms with Crippen molar-refractivity contribution < 1.29 is 13.9 Å². The summed E-state index contributed by atoms with van der Waals surface area (Å²) < 4.78 is 20.1. The number of nitrogens with one attached hydrogen (secondary N) is 1. The van der Waals surface area contributed by atoms with E-state index in [0.717, 1.165) is 62.5 Å². The van der Waals surface area contributed by atoms with Crippen molar-refractivity contribution in [2.75, 3.05) is 26.4 Å². The zero-order valence-corrected chi connectivity index (χ0v) is 18.4. The maximum Gasteiger partial charge on any atom is 0.251 e. The van der Waals surface area contributed by atoms with Crippen molar-refractivity contribution in [1.82, 2.24) is 14.9 Å². The second kappa shape index (κ2) is 10.2. The summed E-state index contributed by atoms with van der Waals surface area (Å²) in [5, 5.41) is 2.58. The predicted octanol–water partition coefficient (Wildman–Crippen LogP) is 4.09. The Labute approximate surface area is 179 Å². The SMILES string of the molecule is CC(C)(C)c1nc(CCc2cccc(C(=O)NCCF)c2)cn1CC1CCOCC1. The second-order valence-corrected chi connectivity index (χ2v) is 9.16. The maximum atomic E-state index is 12.3. The van der Waals surface area contributed by atoms with Gasteiger partial charge in [-0.15, -0.1) is 0 Å². The second-order valence-electron chi connectivity index (χ2n) is 9.16. The van der Waals surface area contributed by atoms with Gasteiger partial charge >= 0.3 is 0 Å². The third-order valence-corrected chi connectivity index (χ3v) is 5.53. The fraction of sp³-hybridized carbons (Fsp3) is 0.583. The molecule has 0 bridgehead atoms. The van der Waals surface area contributed by atoms with E-state index in [-0.39, 0.29) is 17.9 Å². The lowest BCUT2D eigenvalue weighted by Crippen LogP contribution is -2.25. The molecule has 0 atom stereocenters. The average Bonchev–Trinajstić information content (AvgIpc) is 3.14. The Morgan fingerprint density at radius 2 is 2.03 bits per heavy atom. The molecule has 0 saturated carbocycles. The number of alkyl halides is 1. The molecule has 0 spiro atoms. The summed E-state index contributed by atoms with van der Waals surface area (Å²) in [4.78, 5) is 17.0. The molecule has 1 aliphatic heterocycles. The first-order valence-electron chi connectivity index (χ1n) is 10.9. The third-order valence-electron chi connectivity index (χ3n) is 5.53. The van der Waals surface area contributed by atoms with Crippen LogP contribution in [0, 0.1) is 5.92 Å². The zero-order chi connectivity index (χ0) is 21.6. The lowest BCUT2D eigenvalue weighted by atomic mass is 9.94. The van der Waals surface area contributed by atoms with Crippen LogP contribution in [0.15, 0.2) is 30.5 Å². The van der Waals surface area contributed by atoms with Gasteiger partial charge in [-0.1, -0.05) is 32.9 Å². The van der Waals surface area contributed by atoms with Crippen molar-refractivity contribution in [3.05, 3.63) is 53.1 Å². The number of aromatic nitrogens is 2. The van der Waals surface area contributed by atoms with Gasteiger partial charge in [0.25, 0.3) is 5.91 Å². The van der Waals surface area contributed by atoms with Crippen molar-refractivity contribution in [2.45, 2.75) is 58.4 Å². The molecule has 3 rings (SSSR count). The first-order chi connectivity index (χ1) is 14.4. The van der Waals surface area contributed by atoms with E-state index in [1.807, 2.05) is 18.2 Å². The van der Waals surface area contributed by atoms with Crippen LogP contribution in [0.5, 0.6) is 0 Å². The molecule has 0 radical (unpaired) electrons. The van der Waals surface area contributed by atoms with E-state index in [4.69, 9.17) is 9.72 Å². The number of carbonyl (C=O) groups is 1. The van der Waals surface area contributed by atoms with Gasteiger partial charge in [0.05, 0.1) is 5.69 Å². The maximum absolute atomic E-state index is 12.3. The average molecular weight is 416 g/mol. The van der Waals surface area contributed by atoms with Crippen LogP contribution in [-0.2, 0) is 29.5 Å². The number of hydrogen-bond acceptors (Lipinski definition) is 3. The van der Waals surface area contributed by atoms with Gasteiger partial charge in [-0.05, 0) is 49.3 Å². The molecule has 5 nitrogen and oxygen atoms in total. The molecule has 6 heteroatoms. The highest BCUT2D eigenvalue weighted by molar-refractivity contribution is 5.94. The number of aryl methyl sites for hydroxylation is 2. The normalized spacial score (nSPS) is 15.3. The Kier molecular flexibility index (Phi) is 7.64. The smallest absolute Gasteiger partial charge is 0.251 e. The van der Waals surface area contributed by atoms with E-state index in [9.17, 15) is 9.18 Å². The Bertz CT molecular complexity index is 835. The number of rotatable bonds is 8. The number of carbonyl (C=O) groups excluding carboxylic acids is 1. The number of amides is 1. The van der Waals surface area contributed by atoms with E-state index >= 15 is 0 Å². The van der Waals surface area contributed by atoms with Crippen molar-refractivity contribution in [3.8, 4) is 0 Å². The zero-order valence-electron chi connectivity index (χ0n) is 18.4. The van der Waals surface area contributed by atoms with Crippen LogP contribution in [0.2, 0.25) is 0 Å². The molecular weight excluding hydrogens is 381 g/mol. The summed E-state index contributed by atoms with van der Waals surface area (Å²) in [5.41, 5.74) is 2.72. The highest BCUT2D eigenvalue weighted by Crippen LogP contribution is 2.25. The largest absolute Gasteiger partial charge is 0.381 e. The van der Waals surface area contributed by atoms with Crippen LogP contribution >= 0.6 is 0 Å². The fourth-order valence-corrected chi connectivity index (χ4v) is 3.94. The monoisotopic (exact) mass is 415 g/mol. The number of halogens is 1. The van der Waals surface area contributed by atoms with Crippen molar-refractivity contribution in [1.29, 1.82) is 0 Å². The molecule has 2 aromatic rings. The van der Waals surface area contributed by atoms with Gasteiger partial charge in [-0.25, -0.2) is 9.37 Å². The van der Waals surface area contributed by atoms with Crippen molar-refractivity contribution in [2.24, 2.45) is 5.92 Å². The number of ether oxygens (including phenoxy) is 1. The molecule has 1 aliphatic rings. The predicted molar refractivity (Wildman–Crippen MR) is 117 cm³/mol. The summed E-state index contributed by atoms with van der Waals surface area (Å²) in [6.07, 6.45) is 6.04. The molecular formula is C24H34FN3O2. The molecule has 164 valence electrons. The fourth-order valence-electron chi connectivity index (χ4n) is 3.94. The molecule has 1 saturated heterocycles. The highest BCUT2D eigenvalue weighted by atomic mass is 19.1. The quantitative estimate of drug-likeness (QED) is 0.706. The molecule has 1 amide bonds. The minimum absolute atomic E-state index is 0.0160. The van der Waals surface area contributed by atoms with Crippen LogP contribution in [0.4, 0.5) is 4.39 Å². The summed E-state index contributed by atoms with van der Waals surface area (Å²) >= 11 is 0.